The Bertz CT molecular complexity index is 1320. The highest BCUT2D eigenvalue weighted by Gasteiger charge is 2.64. The minimum Gasteiger partial charge on any atom is -0.508 e. The summed E-state index contributed by atoms with van der Waals surface area (Å²) in [7, 11) is 0. The number of aromatic hydroxyl groups is 2. The van der Waals surface area contributed by atoms with Gasteiger partial charge in [0.05, 0.1) is 6.42 Å². The number of aryl methyl sites for hydroxylation is 1. The smallest absolute Gasteiger partial charge is 0.355 e. The van der Waals surface area contributed by atoms with Crippen LogP contribution in [-0.2, 0) is 32.2 Å². The van der Waals surface area contributed by atoms with Gasteiger partial charge in [-0.1, -0.05) is 12.1 Å². The molecule has 2 aliphatic heterocycles. The summed E-state index contributed by atoms with van der Waals surface area (Å²) in [5.41, 5.74) is 1.88. The Balaban J connectivity index is 1.39. The predicted octanol–water partition coefficient (Wildman–Crippen LogP) is 0.257. The molecule has 2 saturated heterocycles. The number of hydroxylamine groups is 1. The molecule has 0 aliphatic carbocycles. The van der Waals surface area contributed by atoms with Gasteiger partial charge < -0.3 is 29.8 Å². The molecule has 0 unspecified atom stereocenters. The molecule has 4 rings (SSSR count). The van der Waals surface area contributed by atoms with Crippen LogP contribution < -0.4 is 16.4 Å². The van der Waals surface area contributed by atoms with Gasteiger partial charge in [-0.2, -0.15) is 5.48 Å². The minimum atomic E-state index is -1.04. The van der Waals surface area contributed by atoms with Crippen molar-refractivity contribution in [1.82, 2.24) is 20.3 Å². The van der Waals surface area contributed by atoms with Crippen molar-refractivity contribution in [2.24, 2.45) is 0 Å². The molecule has 4 N–H and O–H groups in total. The van der Waals surface area contributed by atoms with Crippen molar-refractivity contribution in [1.29, 1.82) is 0 Å². The highest BCUT2D eigenvalue weighted by atomic mass is 32.2. The van der Waals surface area contributed by atoms with Crippen LogP contribution in [0.5, 0.6) is 11.5 Å². The number of nitrogens with one attached hydrogen (secondary N) is 2. The lowest BCUT2D eigenvalue weighted by Crippen LogP contribution is -2.71. The summed E-state index contributed by atoms with van der Waals surface area (Å²) < 4.78 is 0.406. The maximum Gasteiger partial charge on any atom is 0.355 e. The van der Waals surface area contributed by atoms with Gasteiger partial charge in [0.15, 0.2) is 0 Å². The second-order valence-corrected chi connectivity index (χ2v) is 11.0. The monoisotopic (exact) mass is 530 g/mol. The molecule has 0 spiro atoms. The molecule has 2 aromatic rings. The molecule has 37 heavy (non-hydrogen) atoms. The molecule has 3 heterocycles. The van der Waals surface area contributed by atoms with E-state index in [2.05, 4.69) is 5.32 Å². The van der Waals surface area contributed by atoms with E-state index in [1.807, 2.05) is 5.48 Å². The van der Waals surface area contributed by atoms with E-state index in [1.54, 1.807) is 32.9 Å². The van der Waals surface area contributed by atoms with E-state index in [0.29, 0.717) is 5.56 Å². The maximum absolute atomic E-state index is 12.9. The third kappa shape index (κ3) is 4.99. The zero-order chi connectivity index (χ0) is 27.1. The van der Waals surface area contributed by atoms with Crippen molar-refractivity contribution in [3.05, 3.63) is 58.0 Å². The average molecular weight is 531 g/mol. The second-order valence-electron chi connectivity index (χ2n) is 9.20. The summed E-state index contributed by atoms with van der Waals surface area (Å²) in [6, 6.07) is 5.15. The van der Waals surface area contributed by atoms with Crippen molar-refractivity contribution >= 4 is 35.5 Å². The third-order valence-corrected chi connectivity index (χ3v) is 7.79. The van der Waals surface area contributed by atoms with E-state index < -0.39 is 51.3 Å². The first-order valence-electron chi connectivity index (χ1n) is 11.4. The zero-order valence-corrected chi connectivity index (χ0v) is 21.1. The Hall–Kier alpha value is -4.00. The predicted molar refractivity (Wildman–Crippen MR) is 131 cm³/mol. The van der Waals surface area contributed by atoms with Gasteiger partial charge in [-0.15, -0.1) is 11.8 Å². The number of β-lactam (4-membered cyclic amide) rings is 1. The van der Waals surface area contributed by atoms with Gasteiger partial charge in [0.25, 0.3) is 11.5 Å². The molecule has 13 heteroatoms. The van der Waals surface area contributed by atoms with Gasteiger partial charge in [0.2, 0.25) is 11.8 Å². The number of pyridine rings is 1. The molecule has 12 nitrogen and oxygen atoms in total. The van der Waals surface area contributed by atoms with Crippen molar-refractivity contribution in [2.75, 3.05) is 0 Å². The fourth-order valence-electron chi connectivity index (χ4n) is 4.34. The van der Waals surface area contributed by atoms with Gasteiger partial charge >= 0.3 is 5.97 Å². The van der Waals surface area contributed by atoms with Gasteiger partial charge in [0.1, 0.15) is 34.5 Å². The topological polar surface area (TPSA) is 167 Å². The molecular formula is C24H26N4O8S. The molecular weight excluding hydrogens is 504 g/mol. The Kier molecular flexibility index (Phi) is 6.91. The molecule has 1 aromatic heterocycles. The second kappa shape index (κ2) is 9.81. The van der Waals surface area contributed by atoms with Crippen molar-refractivity contribution in [2.45, 2.75) is 55.9 Å². The first kappa shape index (κ1) is 26.1. The Morgan fingerprint density at radius 2 is 1.81 bits per heavy atom. The standard InChI is InChI=1S/C24H26N4O8S/c1-4-27-11-14(15(30)10-17(27)32)20(33)26-36-23(35)19-24(2,3)37-22-18(21(34)28(19)22)25-16(31)9-12-5-7-13(29)8-6-12/h5-8,10-11,18-19,22,29-30H,4,9H2,1-3H3,(H,25,31)(H,26,33)/t18-,19+,22-/m1/s1. The number of fused-ring (bicyclic) bond motifs is 1. The summed E-state index contributed by atoms with van der Waals surface area (Å²) in [4.78, 5) is 68.9. The molecule has 3 amide bonds. The Morgan fingerprint density at radius 3 is 2.46 bits per heavy atom. The number of phenols is 1. The average Bonchev–Trinajstić information content (AvgIpc) is 3.10. The van der Waals surface area contributed by atoms with Crippen LogP contribution in [0.15, 0.2) is 41.3 Å². The SMILES string of the molecule is CCn1cc(C(=O)NOC(=O)[C@@H]2N3C(=O)[C@@H](NC(=O)Cc4ccc(O)cc4)[C@H]3SC2(C)C)c(O)cc1=O. The molecule has 3 atom stereocenters. The van der Waals surface area contributed by atoms with E-state index in [4.69, 9.17) is 4.84 Å². The quantitative estimate of drug-likeness (QED) is 0.302. The van der Waals surface area contributed by atoms with E-state index >= 15 is 0 Å². The van der Waals surface area contributed by atoms with Crippen LogP contribution in [0.1, 0.15) is 36.7 Å². The normalized spacial score (nSPS) is 21.5. The van der Waals surface area contributed by atoms with Crippen LogP contribution in [0.25, 0.3) is 0 Å². The fraction of sp³-hybridized carbons (Fsp3) is 0.375. The summed E-state index contributed by atoms with van der Waals surface area (Å²) >= 11 is 1.32. The number of phenolic OH excluding ortho intramolecular Hbond substituents is 1. The molecule has 196 valence electrons. The van der Waals surface area contributed by atoms with E-state index in [0.717, 1.165) is 12.3 Å². The van der Waals surface area contributed by atoms with Crippen LogP contribution in [0.3, 0.4) is 0 Å². The van der Waals surface area contributed by atoms with Gasteiger partial charge in [-0.25, -0.2) is 4.79 Å². The number of carbonyl (C=O) groups excluding carboxylic acids is 4. The molecule has 2 aliphatic rings. The number of carbonyl (C=O) groups is 4. The molecule has 0 saturated carbocycles. The van der Waals surface area contributed by atoms with Crippen LogP contribution in [-0.4, -0.2) is 65.6 Å². The highest BCUT2D eigenvalue weighted by Crippen LogP contribution is 2.51. The number of rotatable bonds is 6. The number of thioether (sulfide) groups is 1. The minimum absolute atomic E-state index is 0.0144. The number of benzene rings is 1. The van der Waals surface area contributed by atoms with Gasteiger partial charge in [0, 0.05) is 23.6 Å². The lowest BCUT2D eigenvalue weighted by atomic mass is 9.96. The number of hydrogen-bond donors (Lipinski definition) is 4. The lowest BCUT2D eigenvalue weighted by molar-refractivity contribution is -0.167. The molecule has 1 aromatic carbocycles. The van der Waals surface area contributed by atoms with Crippen molar-refractivity contribution < 1.29 is 34.2 Å². The van der Waals surface area contributed by atoms with Gasteiger partial charge in [-0.05, 0) is 38.5 Å². The fourth-order valence-corrected chi connectivity index (χ4v) is 5.96. The number of nitrogens with zero attached hydrogens (tertiary/aromatic N) is 2. The van der Waals surface area contributed by atoms with E-state index in [-0.39, 0.29) is 30.2 Å². The highest BCUT2D eigenvalue weighted by molar-refractivity contribution is 8.01. The van der Waals surface area contributed by atoms with Crippen molar-refractivity contribution in [3.8, 4) is 11.5 Å². The maximum atomic E-state index is 12.9. The summed E-state index contributed by atoms with van der Waals surface area (Å²) in [5, 5.41) is 21.5. The van der Waals surface area contributed by atoms with Crippen LogP contribution >= 0.6 is 11.8 Å². The van der Waals surface area contributed by atoms with Crippen LogP contribution in [0, 0.1) is 0 Å². The number of aromatic nitrogens is 1. The Labute approximate surface area is 215 Å². The summed E-state index contributed by atoms with van der Waals surface area (Å²) in [6.45, 7) is 5.44. The first-order chi connectivity index (χ1) is 17.4. The van der Waals surface area contributed by atoms with E-state index in [1.165, 1.54) is 33.4 Å². The number of amides is 3. The summed E-state index contributed by atoms with van der Waals surface area (Å²) in [5.74, 6) is -3.16. The lowest BCUT2D eigenvalue weighted by Gasteiger charge is -2.43. The summed E-state index contributed by atoms with van der Waals surface area (Å²) in [6.07, 6.45) is 1.16. The number of hydrogen-bond acceptors (Lipinski definition) is 9. The molecule has 0 radical (unpaired) electrons. The molecule has 2 fully saturated rings. The van der Waals surface area contributed by atoms with E-state index in [9.17, 15) is 34.2 Å². The van der Waals surface area contributed by atoms with Gasteiger partial charge in [-0.3, -0.25) is 19.2 Å². The zero-order valence-electron chi connectivity index (χ0n) is 20.3. The molecule has 0 bridgehead atoms. The Morgan fingerprint density at radius 1 is 1.14 bits per heavy atom. The van der Waals surface area contributed by atoms with Crippen LogP contribution in [0.4, 0.5) is 0 Å². The first-order valence-corrected chi connectivity index (χ1v) is 12.3. The van der Waals surface area contributed by atoms with Crippen molar-refractivity contribution in [3.63, 3.8) is 0 Å². The third-order valence-electron chi connectivity index (χ3n) is 6.22. The largest absolute Gasteiger partial charge is 0.508 e. The van der Waals surface area contributed by atoms with Crippen LogP contribution in [0.2, 0.25) is 0 Å².